The van der Waals surface area contributed by atoms with E-state index in [0.29, 0.717) is 11.8 Å². The van der Waals surface area contributed by atoms with Crippen molar-refractivity contribution in [1.82, 2.24) is 0 Å². The SMILES string of the molecule is O=CC=Cc1ccc(SC(F)(F)F)cc1. The van der Waals surface area contributed by atoms with Crippen LogP contribution in [-0.2, 0) is 4.79 Å². The molecule has 0 fully saturated rings. The number of halogens is 3. The fourth-order valence-corrected chi connectivity index (χ4v) is 1.47. The summed E-state index contributed by atoms with van der Waals surface area (Å²) >= 11 is -0.160. The number of allylic oxidation sites excluding steroid dienone is 1. The van der Waals surface area contributed by atoms with Crippen LogP contribution in [0.4, 0.5) is 13.2 Å². The Hall–Kier alpha value is -1.23. The van der Waals surface area contributed by atoms with E-state index < -0.39 is 5.51 Å². The van der Waals surface area contributed by atoms with E-state index in [1.807, 2.05) is 0 Å². The van der Waals surface area contributed by atoms with Crippen molar-refractivity contribution >= 4 is 24.1 Å². The summed E-state index contributed by atoms with van der Waals surface area (Å²) in [6.07, 6.45) is 3.42. The molecule has 15 heavy (non-hydrogen) atoms. The normalized spacial score (nSPS) is 11.9. The van der Waals surface area contributed by atoms with Crippen LogP contribution in [-0.4, -0.2) is 11.8 Å². The predicted octanol–water partition coefficient (Wildman–Crippen LogP) is 3.51. The third-order valence-electron chi connectivity index (χ3n) is 1.48. The van der Waals surface area contributed by atoms with Crippen LogP contribution in [0.25, 0.3) is 6.08 Å². The van der Waals surface area contributed by atoms with E-state index in [1.54, 1.807) is 0 Å². The Labute approximate surface area is 89.0 Å². The van der Waals surface area contributed by atoms with Crippen molar-refractivity contribution in [2.24, 2.45) is 0 Å². The van der Waals surface area contributed by atoms with Crippen molar-refractivity contribution in [2.75, 3.05) is 0 Å². The number of rotatable bonds is 3. The van der Waals surface area contributed by atoms with Crippen molar-refractivity contribution in [3.8, 4) is 0 Å². The first-order chi connectivity index (χ1) is 7.01. The van der Waals surface area contributed by atoms with Crippen molar-refractivity contribution in [2.45, 2.75) is 10.4 Å². The van der Waals surface area contributed by atoms with Gasteiger partial charge in [0.25, 0.3) is 0 Å². The molecule has 0 unspecified atom stereocenters. The summed E-state index contributed by atoms with van der Waals surface area (Å²) in [5, 5.41) is 0. The van der Waals surface area contributed by atoms with Gasteiger partial charge in [0.2, 0.25) is 0 Å². The predicted molar refractivity (Wildman–Crippen MR) is 53.5 cm³/mol. The maximum atomic E-state index is 11.9. The summed E-state index contributed by atoms with van der Waals surface area (Å²) < 4.78 is 35.8. The van der Waals surface area contributed by atoms with Crippen LogP contribution in [0.15, 0.2) is 35.2 Å². The highest BCUT2D eigenvalue weighted by molar-refractivity contribution is 8.00. The minimum absolute atomic E-state index is 0.130. The van der Waals surface area contributed by atoms with Gasteiger partial charge >= 0.3 is 5.51 Å². The van der Waals surface area contributed by atoms with E-state index in [2.05, 4.69) is 0 Å². The molecule has 1 aromatic rings. The van der Waals surface area contributed by atoms with Crippen molar-refractivity contribution in [1.29, 1.82) is 0 Å². The highest BCUT2D eigenvalue weighted by Crippen LogP contribution is 2.36. The van der Waals surface area contributed by atoms with E-state index in [1.165, 1.54) is 36.4 Å². The minimum atomic E-state index is -4.26. The van der Waals surface area contributed by atoms with Crippen LogP contribution < -0.4 is 0 Å². The molecule has 0 aliphatic carbocycles. The molecule has 0 heterocycles. The molecule has 0 aliphatic rings. The smallest absolute Gasteiger partial charge is 0.299 e. The Morgan fingerprint density at radius 1 is 1.13 bits per heavy atom. The molecule has 0 saturated carbocycles. The van der Waals surface area contributed by atoms with Gasteiger partial charge in [-0.1, -0.05) is 18.2 Å². The zero-order valence-electron chi connectivity index (χ0n) is 7.49. The maximum Gasteiger partial charge on any atom is 0.446 e. The van der Waals surface area contributed by atoms with Crippen LogP contribution in [0.1, 0.15) is 5.56 Å². The van der Waals surface area contributed by atoms with Crippen LogP contribution in [0.5, 0.6) is 0 Å². The van der Waals surface area contributed by atoms with Gasteiger partial charge in [-0.3, -0.25) is 4.79 Å². The number of thioether (sulfide) groups is 1. The van der Waals surface area contributed by atoms with Crippen molar-refractivity contribution in [3.05, 3.63) is 35.9 Å². The Kier molecular flexibility index (Phi) is 3.96. The van der Waals surface area contributed by atoms with Gasteiger partial charge in [-0.05, 0) is 35.5 Å². The topological polar surface area (TPSA) is 17.1 Å². The van der Waals surface area contributed by atoms with E-state index >= 15 is 0 Å². The largest absolute Gasteiger partial charge is 0.446 e. The molecule has 0 N–H and O–H groups in total. The molecule has 5 heteroatoms. The quantitative estimate of drug-likeness (QED) is 0.450. The molecule has 1 nitrogen and oxygen atoms in total. The summed E-state index contributed by atoms with van der Waals surface area (Å²) in [6, 6.07) is 5.77. The standard InChI is InChI=1S/C10H7F3OS/c11-10(12,13)15-9-5-3-8(4-6-9)2-1-7-14/h1-7H. The van der Waals surface area contributed by atoms with E-state index in [0.717, 1.165) is 0 Å². The molecule has 0 saturated heterocycles. The zero-order valence-corrected chi connectivity index (χ0v) is 8.31. The molecule has 80 valence electrons. The Morgan fingerprint density at radius 3 is 2.20 bits per heavy atom. The van der Waals surface area contributed by atoms with E-state index in [9.17, 15) is 18.0 Å². The van der Waals surface area contributed by atoms with Crippen LogP contribution >= 0.6 is 11.8 Å². The summed E-state index contributed by atoms with van der Waals surface area (Å²) in [4.78, 5) is 10.1. The molecule has 0 aromatic heterocycles. The molecule has 0 amide bonds. The molecule has 0 aliphatic heterocycles. The Bertz CT molecular complexity index is 354. The Balaban J connectivity index is 2.72. The number of carbonyl (C=O) groups excluding carboxylic acids is 1. The number of benzene rings is 1. The van der Waals surface area contributed by atoms with Crippen molar-refractivity contribution < 1.29 is 18.0 Å². The first-order valence-corrected chi connectivity index (χ1v) is 4.80. The number of aldehydes is 1. The molecular formula is C10H7F3OS. The van der Waals surface area contributed by atoms with E-state index in [4.69, 9.17) is 0 Å². The van der Waals surface area contributed by atoms with Gasteiger partial charge < -0.3 is 0 Å². The van der Waals surface area contributed by atoms with Gasteiger partial charge in [0, 0.05) is 4.90 Å². The number of carbonyl (C=O) groups is 1. The third kappa shape index (κ3) is 4.69. The van der Waals surface area contributed by atoms with Crippen LogP contribution in [0.2, 0.25) is 0 Å². The third-order valence-corrected chi connectivity index (χ3v) is 2.22. The number of hydrogen-bond donors (Lipinski definition) is 0. The second-order valence-electron chi connectivity index (χ2n) is 2.61. The lowest BCUT2D eigenvalue weighted by molar-refractivity contribution is -0.104. The highest BCUT2D eigenvalue weighted by Gasteiger charge is 2.28. The summed E-state index contributed by atoms with van der Waals surface area (Å²) in [6.45, 7) is 0. The fraction of sp³-hybridized carbons (Fsp3) is 0.100. The monoisotopic (exact) mass is 232 g/mol. The van der Waals surface area contributed by atoms with Gasteiger partial charge in [0.05, 0.1) is 0 Å². The van der Waals surface area contributed by atoms with E-state index in [-0.39, 0.29) is 16.7 Å². The number of hydrogen-bond acceptors (Lipinski definition) is 2. The minimum Gasteiger partial charge on any atom is -0.299 e. The van der Waals surface area contributed by atoms with Gasteiger partial charge in [0.15, 0.2) is 0 Å². The van der Waals surface area contributed by atoms with Gasteiger partial charge in [-0.15, -0.1) is 0 Å². The van der Waals surface area contributed by atoms with Gasteiger partial charge in [0.1, 0.15) is 6.29 Å². The average Bonchev–Trinajstić information content (AvgIpc) is 2.14. The lowest BCUT2D eigenvalue weighted by atomic mass is 10.2. The molecule has 0 atom stereocenters. The second-order valence-corrected chi connectivity index (χ2v) is 3.75. The Morgan fingerprint density at radius 2 is 1.73 bits per heavy atom. The van der Waals surface area contributed by atoms with Gasteiger partial charge in [-0.2, -0.15) is 13.2 Å². The van der Waals surface area contributed by atoms with Gasteiger partial charge in [-0.25, -0.2) is 0 Å². The second kappa shape index (κ2) is 5.02. The van der Waals surface area contributed by atoms with Crippen LogP contribution in [0.3, 0.4) is 0 Å². The molecule has 1 aromatic carbocycles. The first kappa shape index (κ1) is 11.8. The summed E-state index contributed by atoms with van der Waals surface area (Å²) in [5.74, 6) is 0. The lowest BCUT2D eigenvalue weighted by Crippen LogP contribution is -1.98. The highest BCUT2D eigenvalue weighted by atomic mass is 32.2. The maximum absolute atomic E-state index is 11.9. The van der Waals surface area contributed by atoms with Crippen LogP contribution in [0, 0.1) is 0 Å². The first-order valence-electron chi connectivity index (χ1n) is 3.99. The number of alkyl halides is 3. The molecule has 0 radical (unpaired) electrons. The molecule has 0 spiro atoms. The average molecular weight is 232 g/mol. The molecular weight excluding hydrogens is 225 g/mol. The molecule has 0 bridgehead atoms. The molecule has 1 rings (SSSR count). The zero-order chi connectivity index (χ0) is 11.3. The fourth-order valence-electron chi connectivity index (χ4n) is 0.931. The summed E-state index contributed by atoms with van der Waals surface area (Å²) in [5.41, 5.74) is -3.58. The van der Waals surface area contributed by atoms with Crippen molar-refractivity contribution in [3.63, 3.8) is 0 Å². The summed E-state index contributed by atoms with van der Waals surface area (Å²) in [7, 11) is 0. The lowest BCUT2D eigenvalue weighted by Gasteiger charge is -2.04.